The third kappa shape index (κ3) is 4.80. The van der Waals surface area contributed by atoms with Crippen LogP contribution in [0.25, 0.3) is 16.7 Å². The molecule has 1 fully saturated rings. The number of hydrogen-bond acceptors (Lipinski definition) is 6. The summed E-state index contributed by atoms with van der Waals surface area (Å²) >= 11 is 6.60. The predicted octanol–water partition coefficient (Wildman–Crippen LogP) is 4.87. The topological polar surface area (TPSA) is 101 Å². The number of carbonyl (C=O) groups excluding carboxylic acids is 2. The summed E-state index contributed by atoms with van der Waals surface area (Å²) in [4.78, 5) is 27.3. The minimum Gasteiger partial charge on any atom is -0.507 e. The molecule has 1 N–H and O–H groups in total. The van der Waals surface area contributed by atoms with Crippen LogP contribution < -0.4 is 0 Å². The van der Waals surface area contributed by atoms with E-state index in [9.17, 15) is 23.1 Å². The largest absolute Gasteiger partial charge is 0.507 e. The summed E-state index contributed by atoms with van der Waals surface area (Å²) in [5, 5.41) is 11.6. The predicted molar refractivity (Wildman–Crippen MR) is 138 cm³/mol. The first-order chi connectivity index (χ1) is 17.0. The first-order valence-corrected chi connectivity index (χ1v) is 14.0. The summed E-state index contributed by atoms with van der Waals surface area (Å²) in [5.74, 6) is -1.06. The number of rotatable bonds is 5. The molecule has 4 rings (SSSR count). The van der Waals surface area contributed by atoms with Crippen LogP contribution in [0.2, 0.25) is 5.02 Å². The zero-order chi connectivity index (χ0) is 26.3. The fraction of sp³-hybridized carbons (Fsp3) is 0.333. The number of carbonyl (C=O) groups is 2. The fourth-order valence-corrected chi connectivity index (χ4v) is 5.66. The number of aliphatic hydroxyl groups excluding tert-OH is 1. The minimum atomic E-state index is -3.40. The van der Waals surface area contributed by atoms with Crippen molar-refractivity contribution in [3.63, 3.8) is 0 Å². The lowest BCUT2D eigenvalue weighted by Crippen LogP contribution is -2.51. The van der Waals surface area contributed by atoms with Gasteiger partial charge in [0, 0.05) is 23.4 Å². The zero-order valence-electron chi connectivity index (χ0n) is 20.4. The van der Waals surface area contributed by atoms with Crippen molar-refractivity contribution in [2.24, 2.45) is 0 Å². The molecule has 9 heteroatoms. The van der Waals surface area contributed by atoms with Crippen LogP contribution in [-0.4, -0.2) is 55.2 Å². The van der Waals surface area contributed by atoms with Crippen LogP contribution in [0.4, 0.5) is 0 Å². The van der Waals surface area contributed by atoms with Gasteiger partial charge in [-0.25, -0.2) is 13.2 Å². The average Bonchev–Trinajstić information content (AvgIpc) is 3.06. The molecule has 2 aromatic carbocycles. The van der Waals surface area contributed by atoms with Gasteiger partial charge in [0.1, 0.15) is 5.57 Å². The number of piperidine rings is 1. The Morgan fingerprint density at radius 2 is 2.00 bits per heavy atom. The maximum absolute atomic E-state index is 13.0. The summed E-state index contributed by atoms with van der Waals surface area (Å²) in [5.41, 5.74) is 1.04. The van der Waals surface area contributed by atoms with E-state index < -0.39 is 21.4 Å². The van der Waals surface area contributed by atoms with Crippen LogP contribution in [0.1, 0.15) is 37.3 Å². The number of ether oxygens (including phenoxy) is 1. The monoisotopic (exact) mass is 529 g/mol. The molecular formula is C27H28ClNO6S. The molecule has 0 radical (unpaired) electrons. The van der Waals surface area contributed by atoms with Gasteiger partial charge in [0.2, 0.25) is 5.91 Å². The van der Waals surface area contributed by atoms with Crippen molar-refractivity contribution in [3.8, 4) is 11.1 Å². The Morgan fingerprint density at radius 1 is 1.25 bits per heavy atom. The highest BCUT2D eigenvalue weighted by Gasteiger charge is 2.51. The van der Waals surface area contributed by atoms with Crippen LogP contribution >= 0.6 is 11.6 Å². The second kappa shape index (κ2) is 9.75. The molecule has 2 aromatic rings. The molecule has 2 heterocycles. The van der Waals surface area contributed by atoms with Gasteiger partial charge in [-0.3, -0.25) is 4.79 Å². The smallest absolute Gasteiger partial charge is 0.343 e. The first kappa shape index (κ1) is 26.0. The number of amides is 1. The van der Waals surface area contributed by atoms with Gasteiger partial charge in [0.05, 0.1) is 11.4 Å². The molecule has 190 valence electrons. The molecule has 0 aliphatic carbocycles. The number of halogens is 1. The van der Waals surface area contributed by atoms with E-state index in [0.717, 1.165) is 12.7 Å². The van der Waals surface area contributed by atoms with E-state index in [-0.39, 0.29) is 28.7 Å². The second-order valence-corrected chi connectivity index (χ2v) is 11.7. The van der Waals surface area contributed by atoms with Crippen LogP contribution in [0.5, 0.6) is 0 Å². The van der Waals surface area contributed by atoms with Crippen molar-refractivity contribution in [1.82, 2.24) is 4.90 Å². The molecule has 0 aromatic heterocycles. The van der Waals surface area contributed by atoms with Crippen molar-refractivity contribution in [2.45, 2.75) is 43.6 Å². The molecule has 1 spiro atoms. The molecule has 2 aliphatic rings. The SMILES string of the molecule is CC/C=C\C(=O)N1CCCC2(C1)OC(=O)C(c1cc(Cl)c(-c3cccc(S(C)(=O)=O)c3)cc1C)=C2O. The molecule has 1 amide bonds. The van der Waals surface area contributed by atoms with Gasteiger partial charge in [-0.05, 0) is 73.2 Å². The standard InChI is InChI=1S/C27H28ClNO6S/c1-4-5-10-23(30)29-12-7-11-27(16-29)25(31)24(26(32)35-27)20-15-22(28)21(13-17(20)2)18-8-6-9-19(14-18)36(3,33)34/h5-6,8-10,13-15,31H,4,7,11-12,16H2,1-3H3/b10-5-. The number of hydrogen-bond donors (Lipinski definition) is 1. The third-order valence-electron chi connectivity index (χ3n) is 6.58. The minimum absolute atomic E-state index is 0.0317. The van der Waals surface area contributed by atoms with Gasteiger partial charge in [-0.2, -0.15) is 0 Å². The van der Waals surface area contributed by atoms with Crippen molar-refractivity contribution in [1.29, 1.82) is 0 Å². The van der Waals surface area contributed by atoms with Crippen LogP contribution in [0.3, 0.4) is 0 Å². The lowest BCUT2D eigenvalue weighted by atomic mass is 9.87. The summed E-state index contributed by atoms with van der Waals surface area (Å²) in [6, 6.07) is 9.80. The van der Waals surface area contributed by atoms with E-state index >= 15 is 0 Å². The number of esters is 1. The van der Waals surface area contributed by atoms with Gasteiger partial charge in [-0.15, -0.1) is 0 Å². The van der Waals surface area contributed by atoms with Gasteiger partial charge < -0.3 is 14.7 Å². The third-order valence-corrected chi connectivity index (χ3v) is 8.00. The molecule has 0 bridgehead atoms. The molecule has 1 atom stereocenters. The first-order valence-electron chi connectivity index (χ1n) is 11.7. The molecule has 0 saturated carbocycles. The normalized spacial score (nSPS) is 20.4. The van der Waals surface area contributed by atoms with E-state index in [4.69, 9.17) is 16.3 Å². The Hall–Kier alpha value is -3.10. The molecule has 2 aliphatic heterocycles. The number of sulfone groups is 1. The Morgan fingerprint density at radius 3 is 2.69 bits per heavy atom. The zero-order valence-corrected chi connectivity index (χ0v) is 21.9. The number of aliphatic hydroxyl groups is 1. The number of allylic oxidation sites excluding steroid dienone is 1. The second-order valence-electron chi connectivity index (χ2n) is 9.23. The van der Waals surface area contributed by atoms with Crippen molar-refractivity contribution in [3.05, 3.63) is 70.5 Å². The molecule has 1 unspecified atom stereocenters. The van der Waals surface area contributed by atoms with Gasteiger partial charge in [-0.1, -0.05) is 36.7 Å². The highest BCUT2D eigenvalue weighted by molar-refractivity contribution is 7.90. The summed E-state index contributed by atoms with van der Waals surface area (Å²) in [6.45, 7) is 4.30. The lowest BCUT2D eigenvalue weighted by Gasteiger charge is -2.38. The maximum atomic E-state index is 13.0. The van der Waals surface area contributed by atoms with Gasteiger partial charge >= 0.3 is 5.97 Å². The lowest BCUT2D eigenvalue weighted by molar-refractivity contribution is -0.155. The van der Waals surface area contributed by atoms with Crippen LogP contribution in [0, 0.1) is 6.92 Å². The van der Waals surface area contributed by atoms with Crippen molar-refractivity contribution < 1.29 is 27.9 Å². The summed E-state index contributed by atoms with van der Waals surface area (Å²) < 4.78 is 29.7. The molecular weight excluding hydrogens is 502 g/mol. The number of benzene rings is 2. The van der Waals surface area contributed by atoms with E-state index in [0.29, 0.717) is 46.7 Å². The van der Waals surface area contributed by atoms with Crippen LogP contribution in [0.15, 0.2) is 59.2 Å². The maximum Gasteiger partial charge on any atom is 0.343 e. The van der Waals surface area contributed by atoms with Gasteiger partial charge in [0.25, 0.3) is 0 Å². The van der Waals surface area contributed by atoms with E-state index in [1.165, 1.54) is 12.1 Å². The quantitative estimate of drug-likeness (QED) is 0.438. The number of nitrogens with zero attached hydrogens (tertiary/aromatic N) is 1. The van der Waals surface area contributed by atoms with Gasteiger partial charge in [0.15, 0.2) is 21.2 Å². The number of likely N-dealkylation sites (tertiary alicyclic amines) is 1. The average molecular weight is 530 g/mol. The van der Waals surface area contributed by atoms with Crippen molar-refractivity contribution >= 4 is 38.9 Å². The Balaban J connectivity index is 1.73. The summed E-state index contributed by atoms with van der Waals surface area (Å²) in [7, 11) is -3.40. The van der Waals surface area contributed by atoms with Crippen molar-refractivity contribution in [2.75, 3.05) is 19.3 Å². The van der Waals surface area contributed by atoms with E-state index in [2.05, 4.69) is 0 Å². The fourth-order valence-electron chi connectivity index (χ4n) is 4.72. The summed E-state index contributed by atoms with van der Waals surface area (Å²) in [6.07, 6.45) is 6.11. The highest BCUT2D eigenvalue weighted by atomic mass is 35.5. The van der Waals surface area contributed by atoms with Crippen LogP contribution in [-0.2, 0) is 24.2 Å². The Labute approximate surface area is 215 Å². The highest BCUT2D eigenvalue weighted by Crippen LogP contribution is 2.44. The molecule has 7 nitrogen and oxygen atoms in total. The van der Waals surface area contributed by atoms with E-state index in [1.54, 1.807) is 48.2 Å². The van der Waals surface area contributed by atoms with E-state index in [1.807, 2.05) is 6.92 Å². The molecule has 36 heavy (non-hydrogen) atoms. The Bertz CT molecular complexity index is 1410. The Kier molecular flexibility index (Phi) is 7.03. The molecule has 1 saturated heterocycles. The number of aryl methyl sites for hydroxylation is 1.